The molecule has 0 aliphatic carbocycles. The third-order valence-electron chi connectivity index (χ3n) is 3.68. The lowest BCUT2D eigenvalue weighted by molar-refractivity contribution is -0.528. The van der Waals surface area contributed by atoms with Crippen LogP contribution in [-0.2, 0) is 6.42 Å². The largest absolute Gasteiger partial charge is 0.264 e. The molecule has 0 saturated heterocycles. The van der Waals surface area contributed by atoms with Crippen molar-refractivity contribution in [1.29, 1.82) is 0 Å². The summed E-state index contributed by atoms with van der Waals surface area (Å²) in [6.45, 7) is 0. The van der Waals surface area contributed by atoms with Crippen LogP contribution in [0, 0.1) is 10.1 Å². The molecule has 0 saturated carbocycles. The monoisotopic (exact) mass is 277 g/mol. The maximum atomic E-state index is 11.4. The van der Waals surface area contributed by atoms with Gasteiger partial charge in [-0.2, -0.15) is 0 Å². The van der Waals surface area contributed by atoms with Crippen molar-refractivity contribution >= 4 is 10.8 Å². The van der Waals surface area contributed by atoms with Gasteiger partial charge >= 0.3 is 0 Å². The van der Waals surface area contributed by atoms with Crippen LogP contribution in [0.2, 0.25) is 0 Å². The smallest absolute Gasteiger partial charge is 0.242 e. The minimum Gasteiger partial charge on any atom is -0.264 e. The minimum atomic E-state index is -0.702. The van der Waals surface area contributed by atoms with E-state index < -0.39 is 6.04 Å². The second kappa shape index (κ2) is 5.75. The summed E-state index contributed by atoms with van der Waals surface area (Å²) < 4.78 is 0. The fraction of sp³-hybridized carbons (Fsp3) is 0.111. The van der Waals surface area contributed by atoms with Gasteiger partial charge in [0.25, 0.3) is 0 Å². The molecule has 3 aromatic carbocycles. The van der Waals surface area contributed by atoms with E-state index in [1.807, 2.05) is 72.8 Å². The summed E-state index contributed by atoms with van der Waals surface area (Å²) >= 11 is 0. The van der Waals surface area contributed by atoms with E-state index in [0.29, 0.717) is 6.42 Å². The lowest BCUT2D eigenvalue weighted by Gasteiger charge is -2.10. The van der Waals surface area contributed by atoms with Crippen molar-refractivity contribution < 1.29 is 4.92 Å². The molecule has 0 spiro atoms. The molecule has 0 amide bonds. The Balaban J connectivity index is 1.93. The molecule has 0 bridgehead atoms. The Kier molecular flexibility index (Phi) is 3.65. The molecular weight excluding hydrogens is 262 g/mol. The molecule has 0 heterocycles. The highest BCUT2D eigenvalue weighted by Crippen LogP contribution is 2.24. The van der Waals surface area contributed by atoms with Crippen molar-refractivity contribution in [2.24, 2.45) is 0 Å². The summed E-state index contributed by atoms with van der Waals surface area (Å²) in [6, 6.07) is 22.6. The Morgan fingerprint density at radius 2 is 1.52 bits per heavy atom. The van der Waals surface area contributed by atoms with E-state index in [1.54, 1.807) is 0 Å². The van der Waals surface area contributed by atoms with E-state index in [2.05, 4.69) is 0 Å². The van der Waals surface area contributed by atoms with Crippen molar-refractivity contribution in [2.75, 3.05) is 0 Å². The average molecular weight is 277 g/mol. The van der Waals surface area contributed by atoms with Crippen molar-refractivity contribution in [3.05, 3.63) is 94.0 Å². The Morgan fingerprint density at radius 3 is 2.24 bits per heavy atom. The number of fused-ring (bicyclic) bond motifs is 1. The zero-order valence-corrected chi connectivity index (χ0v) is 11.5. The third-order valence-corrected chi connectivity index (χ3v) is 3.68. The SMILES string of the molecule is O=[N+]([O-])C(Cc1ccc2ccccc2c1)c1ccccc1. The number of nitro groups is 1. The van der Waals surface area contributed by atoms with Gasteiger partial charge in [0.05, 0.1) is 0 Å². The van der Waals surface area contributed by atoms with E-state index >= 15 is 0 Å². The normalized spacial score (nSPS) is 12.2. The molecule has 21 heavy (non-hydrogen) atoms. The van der Waals surface area contributed by atoms with Crippen LogP contribution >= 0.6 is 0 Å². The van der Waals surface area contributed by atoms with Gasteiger partial charge in [-0.3, -0.25) is 10.1 Å². The predicted octanol–water partition coefficient (Wildman–Crippen LogP) is 4.40. The Hall–Kier alpha value is -2.68. The van der Waals surface area contributed by atoms with Crippen LogP contribution in [0.3, 0.4) is 0 Å². The molecule has 3 rings (SSSR count). The maximum absolute atomic E-state index is 11.4. The third kappa shape index (κ3) is 2.92. The highest BCUT2D eigenvalue weighted by atomic mass is 16.6. The average Bonchev–Trinajstić information content (AvgIpc) is 2.53. The van der Waals surface area contributed by atoms with Crippen LogP contribution in [-0.4, -0.2) is 4.92 Å². The van der Waals surface area contributed by atoms with Crippen LogP contribution in [0.25, 0.3) is 10.8 Å². The number of rotatable bonds is 4. The van der Waals surface area contributed by atoms with Gasteiger partial charge in [-0.25, -0.2) is 0 Å². The van der Waals surface area contributed by atoms with Crippen LogP contribution in [0.5, 0.6) is 0 Å². The van der Waals surface area contributed by atoms with Gasteiger partial charge in [-0.1, -0.05) is 72.8 Å². The van der Waals surface area contributed by atoms with E-state index in [1.165, 1.54) is 0 Å². The first kappa shape index (κ1) is 13.3. The standard InChI is InChI=1S/C18H15NO2/c20-19(21)18(16-7-2-1-3-8-16)13-14-10-11-15-6-4-5-9-17(15)12-14/h1-12,18H,13H2. The van der Waals surface area contributed by atoms with E-state index in [4.69, 9.17) is 0 Å². The molecule has 1 atom stereocenters. The number of benzene rings is 3. The quantitative estimate of drug-likeness (QED) is 0.524. The van der Waals surface area contributed by atoms with Gasteiger partial charge in [0.2, 0.25) is 6.04 Å². The van der Waals surface area contributed by atoms with Gasteiger partial charge in [-0.15, -0.1) is 0 Å². The second-order valence-corrected chi connectivity index (χ2v) is 5.10. The minimum absolute atomic E-state index is 0.204. The Bertz CT molecular complexity index is 768. The lowest BCUT2D eigenvalue weighted by atomic mass is 9.97. The fourth-order valence-corrected chi connectivity index (χ4v) is 2.58. The second-order valence-electron chi connectivity index (χ2n) is 5.10. The molecule has 0 aromatic heterocycles. The zero-order chi connectivity index (χ0) is 14.7. The zero-order valence-electron chi connectivity index (χ0n) is 11.5. The Morgan fingerprint density at radius 1 is 0.857 bits per heavy atom. The number of hydrogen-bond donors (Lipinski definition) is 0. The molecule has 0 aliphatic rings. The summed E-state index contributed by atoms with van der Waals surface area (Å²) in [6.07, 6.45) is 0.405. The van der Waals surface area contributed by atoms with Crippen molar-refractivity contribution in [1.82, 2.24) is 0 Å². The van der Waals surface area contributed by atoms with Crippen LogP contribution in [0.4, 0.5) is 0 Å². The van der Waals surface area contributed by atoms with E-state index in [-0.39, 0.29) is 4.92 Å². The van der Waals surface area contributed by atoms with Crippen LogP contribution in [0.15, 0.2) is 72.8 Å². The molecule has 3 nitrogen and oxygen atoms in total. The summed E-state index contributed by atoms with van der Waals surface area (Å²) in [7, 11) is 0. The summed E-state index contributed by atoms with van der Waals surface area (Å²) in [5.74, 6) is 0. The molecule has 1 unspecified atom stereocenters. The molecule has 104 valence electrons. The molecule has 3 aromatic rings. The fourth-order valence-electron chi connectivity index (χ4n) is 2.58. The van der Waals surface area contributed by atoms with Gasteiger partial charge in [-0.05, 0) is 16.3 Å². The maximum Gasteiger partial charge on any atom is 0.242 e. The highest BCUT2D eigenvalue weighted by Gasteiger charge is 2.22. The first-order valence-corrected chi connectivity index (χ1v) is 6.90. The van der Waals surface area contributed by atoms with Gasteiger partial charge < -0.3 is 0 Å². The Labute approximate surface area is 123 Å². The molecule has 3 heteroatoms. The van der Waals surface area contributed by atoms with Crippen molar-refractivity contribution in [2.45, 2.75) is 12.5 Å². The van der Waals surface area contributed by atoms with Gasteiger partial charge in [0, 0.05) is 16.9 Å². The lowest BCUT2D eigenvalue weighted by Crippen LogP contribution is -2.13. The molecule has 0 N–H and O–H groups in total. The number of nitrogens with zero attached hydrogens (tertiary/aromatic N) is 1. The molecule has 0 aliphatic heterocycles. The van der Waals surface area contributed by atoms with Crippen LogP contribution < -0.4 is 0 Å². The van der Waals surface area contributed by atoms with Crippen molar-refractivity contribution in [3.8, 4) is 0 Å². The first-order valence-electron chi connectivity index (χ1n) is 6.90. The van der Waals surface area contributed by atoms with E-state index in [0.717, 1.165) is 21.9 Å². The van der Waals surface area contributed by atoms with Crippen LogP contribution in [0.1, 0.15) is 17.2 Å². The van der Waals surface area contributed by atoms with Gasteiger partial charge in [0.1, 0.15) is 0 Å². The summed E-state index contributed by atoms with van der Waals surface area (Å²) in [4.78, 5) is 11.2. The summed E-state index contributed by atoms with van der Waals surface area (Å²) in [5.41, 5.74) is 1.73. The molecule has 0 fully saturated rings. The predicted molar refractivity (Wildman–Crippen MR) is 83.8 cm³/mol. The molecular formula is C18H15NO2. The summed E-state index contributed by atoms with van der Waals surface area (Å²) in [5, 5.41) is 13.6. The van der Waals surface area contributed by atoms with Gasteiger partial charge in [0.15, 0.2) is 0 Å². The topological polar surface area (TPSA) is 43.1 Å². The first-order chi connectivity index (χ1) is 10.2. The van der Waals surface area contributed by atoms with E-state index in [9.17, 15) is 10.1 Å². The molecule has 0 radical (unpaired) electrons. The number of hydrogen-bond acceptors (Lipinski definition) is 2. The van der Waals surface area contributed by atoms with Crippen molar-refractivity contribution in [3.63, 3.8) is 0 Å². The highest BCUT2D eigenvalue weighted by molar-refractivity contribution is 5.83.